The molecule has 140 valence electrons. The molecule has 27 heavy (non-hydrogen) atoms. The second kappa shape index (κ2) is 7.32. The number of aryl methyl sites for hydroxylation is 1. The van der Waals surface area contributed by atoms with Crippen LogP contribution in [0, 0.1) is 28.8 Å². The highest BCUT2D eigenvalue weighted by molar-refractivity contribution is 6.31. The Labute approximate surface area is 158 Å². The molecule has 0 spiro atoms. The van der Waals surface area contributed by atoms with Crippen LogP contribution in [-0.4, -0.2) is 23.3 Å². The fraction of sp³-hybridized carbons (Fsp3) is 0.222. The molecule has 1 aliphatic heterocycles. The lowest BCUT2D eigenvalue weighted by Crippen LogP contribution is -2.28. The third-order valence-electron chi connectivity index (χ3n) is 4.40. The molecule has 0 aliphatic carbocycles. The Kier molecular flexibility index (Phi) is 5.09. The molecule has 1 fully saturated rings. The van der Waals surface area contributed by atoms with Crippen LogP contribution in [0.2, 0.25) is 5.02 Å². The van der Waals surface area contributed by atoms with Crippen molar-refractivity contribution in [2.45, 2.75) is 13.3 Å². The molecule has 1 atom stereocenters. The van der Waals surface area contributed by atoms with Crippen LogP contribution in [0.25, 0.3) is 0 Å². The summed E-state index contributed by atoms with van der Waals surface area (Å²) in [4.78, 5) is 36.5. The van der Waals surface area contributed by atoms with Gasteiger partial charge in [0, 0.05) is 30.8 Å². The van der Waals surface area contributed by atoms with Gasteiger partial charge in [-0.25, -0.2) is 4.39 Å². The van der Waals surface area contributed by atoms with Crippen molar-refractivity contribution in [2.24, 2.45) is 5.92 Å². The third kappa shape index (κ3) is 3.90. The van der Waals surface area contributed by atoms with E-state index in [1.54, 1.807) is 13.0 Å². The van der Waals surface area contributed by atoms with E-state index in [4.69, 9.17) is 11.6 Å². The first kappa shape index (κ1) is 18.8. The van der Waals surface area contributed by atoms with E-state index in [1.807, 2.05) is 0 Å². The van der Waals surface area contributed by atoms with Gasteiger partial charge in [0.2, 0.25) is 11.8 Å². The minimum absolute atomic E-state index is 0.0190. The Morgan fingerprint density at radius 3 is 2.74 bits per heavy atom. The maximum absolute atomic E-state index is 13.3. The molecule has 0 bridgehead atoms. The number of carbonyl (C=O) groups is 2. The summed E-state index contributed by atoms with van der Waals surface area (Å²) < 4.78 is 13.3. The summed E-state index contributed by atoms with van der Waals surface area (Å²) in [5.41, 5.74) is 1.26. The number of benzene rings is 2. The number of hydrogen-bond donors (Lipinski definition) is 1. The van der Waals surface area contributed by atoms with Gasteiger partial charge in [0.1, 0.15) is 5.82 Å². The number of non-ortho nitro benzene ring substituents is 1. The predicted octanol–water partition coefficient (Wildman–Crippen LogP) is 3.69. The summed E-state index contributed by atoms with van der Waals surface area (Å²) in [6.07, 6.45) is -0.0190. The highest BCUT2D eigenvalue weighted by Gasteiger charge is 2.35. The number of nitro groups is 1. The standard InChI is InChI=1S/C18H15ClFN3O4/c1-10-2-3-13(23(26)27)8-16(10)21-18(25)11-6-17(24)22(9-11)12-4-5-15(20)14(19)7-12/h2-5,7-8,11H,6,9H2,1H3,(H,21,25). The fourth-order valence-corrected chi connectivity index (χ4v) is 3.05. The molecule has 1 N–H and O–H groups in total. The van der Waals surface area contributed by atoms with Crippen LogP contribution < -0.4 is 10.2 Å². The lowest BCUT2D eigenvalue weighted by atomic mass is 10.1. The van der Waals surface area contributed by atoms with E-state index in [0.717, 1.165) is 6.07 Å². The number of anilines is 2. The first-order valence-corrected chi connectivity index (χ1v) is 8.45. The molecule has 7 nitrogen and oxygen atoms in total. The zero-order valence-electron chi connectivity index (χ0n) is 14.2. The highest BCUT2D eigenvalue weighted by atomic mass is 35.5. The Morgan fingerprint density at radius 2 is 2.07 bits per heavy atom. The van der Waals surface area contributed by atoms with Crippen molar-refractivity contribution in [3.05, 3.63) is 62.9 Å². The summed E-state index contributed by atoms with van der Waals surface area (Å²) in [6.45, 7) is 1.83. The van der Waals surface area contributed by atoms with Crippen LogP contribution in [0.4, 0.5) is 21.5 Å². The van der Waals surface area contributed by atoms with Gasteiger partial charge in [-0.1, -0.05) is 17.7 Å². The fourth-order valence-electron chi connectivity index (χ4n) is 2.88. The van der Waals surface area contributed by atoms with Crippen LogP contribution in [0.1, 0.15) is 12.0 Å². The van der Waals surface area contributed by atoms with Crippen LogP contribution >= 0.6 is 11.6 Å². The van der Waals surface area contributed by atoms with Crippen LogP contribution in [0.3, 0.4) is 0 Å². The molecule has 1 aliphatic rings. The maximum atomic E-state index is 13.3. The Hall–Kier alpha value is -3.00. The van der Waals surface area contributed by atoms with E-state index in [2.05, 4.69) is 5.32 Å². The first-order chi connectivity index (χ1) is 12.8. The lowest BCUT2D eigenvalue weighted by molar-refractivity contribution is -0.384. The SMILES string of the molecule is Cc1ccc([N+](=O)[O-])cc1NC(=O)C1CC(=O)N(c2ccc(F)c(Cl)c2)C1. The number of carbonyl (C=O) groups excluding carboxylic acids is 2. The summed E-state index contributed by atoms with van der Waals surface area (Å²) in [5.74, 6) is -1.93. The van der Waals surface area contributed by atoms with E-state index in [0.29, 0.717) is 16.9 Å². The van der Waals surface area contributed by atoms with Crippen molar-refractivity contribution in [3.63, 3.8) is 0 Å². The molecular weight excluding hydrogens is 377 g/mol. The monoisotopic (exact) mass is 391 g/mol. The van der Waals surface area contributed by atoms with Crippen molar-refractivity contribution in [3.8, 4) is 0 Å². The normalized spacial score (nSPS) is 16.5. The molecular formula is C18H15ClFN3O4. The van der Waals surface area contributed by atoms with Crippen molar-refractivity contribution in [1.29, 1.82) is 0 Å². The number of hydrogen-bond acceptors (Lipinski definition) is 4. The molecule has 3 rings (SSSR count). The van der Waals surface area contributed by atoms with E-state index < -0.39 is 22.6 Å². The topological polar surface area (TPSA) is 92.5 Å². The largest absolute Gasteiger partial charge is 0.325 e. The zero-order chi connectivity index (χ0) is 19.7. The Balaban J connectivity index is 1.75. The van der Waals surface area contributed by atoms with Crippen molar-refractivity contribution in [1.82, 2.24) is 0 Å². The molecule has 0 saturated carbocycles. The molecule has 2 aromatic rings. The molecule has 1 saturated heterocycles. The van der Waals surface area contributed by atoms with Crippen molar-refractivity contribution < 1.29 is 18.9 Å². The third-order valence-corrected chi connectivity index (χ3v) is 4.69. The minimum atomic E-state index is -0.639. The molecule has 0 aromatic heterocycles. The smallest absolute Gasteiger partial charge is 0.271 e. The van der Waals surface area contributed by atoms with E-state index in [-0.39, 0.29) is 29.6 Å². The second-order valence-corrected chi connectivity index (χ2v) is 6.66. The molecule has 2 aromatic carbocycles. The highest BCUT2D eigenvalue weighted by Crippen LogP contribution is 2.30. The summed E-state index contributed by atoms with van der Waals surface area (Å²) in [5, 5.41) is 13.4. The number of nitro benzene ring substituents is 1. The second-order valence-electron chi connectivity index (χ2n) is 6.25. The Bertz CT molecular complexity index is 950. The molecule has 9 heteroatoms. The number of halogens is 2. The quantitative estimate of drug-likeness (QED) is 0.635. The minimum Gasteiger partial charge on any atom is -0.325 e. The molecule has 2 amide bonds. The molecule has 1 unspecified atom stereocenters. The lowest BCUT2D eigenvalue weighted by Gasteiger charge is -2.17. The van der Waals surface area contributed by atoms with Crippen molar-refractivity contribution in [2.75, 3.05) is 16.8 Å². The zero-order valence-corrected chi connectivity index (χ0v) is 15.0. The van der Waals surface area contributed by atoms with Gasteiger partial charge >= 0.3 is 0 Å². The molecule has 0 radical (unpaired) electrons. The average molecular weight is 392 g/mol. The van der Waals surface area contributed by atoms with Crippen molar-refractivity contribution >= 4 is 40.5 Å². The summed E-state index contributed by atoms with van der Waals surface area (Å²) in [6, 6.07) is 8.08. The van der Waals surface area contributed by atoms with Crippen LogP contribution in [-0.2, 0) is 9.59 Å². The van der Waals surface area contributed by atoms with Gasteiger partial charge in [0.25, 0.3) is 5.69 Å². The van der Waals surface area contributed by atoms with E-state index in [9.17, 15) is 24.1 Å². The Morgan fingerprint density at radius 1 is 1.33 bits per heavy atom. The van der Waals surface area contributed by atoms with Gasteiger partial charge in [-0.05, 0) is 30.7 Å². The van der Waals surface area contributed by atoms with Gasteiger partial charge in [-0.2, -0.15) is 0 Å². The first-order valence-electron chi connectivity index (χ1n) is 8.07. The number of nitrogens with zero attached hydrogens (tertiary/aromatic N) is 2. The van der Waals surface area contributed by atoms with E-state index in [1.165, 1.54) is 29.2 Å². The van der Waals surface area contributed by atoms with Gasteiger partial charge in [-0.15, -0.1) is 0 Å². The van der Waals surface area contributed by atoms with Gasteiger partial charge < -0.3 is 10.2 Å². The average Bonchev–Trinajstić information content (AvgIpc) is 3.01. The maximum Gasteiger partial charge on any atom is 0.271 e. The van der Waals surface area contributed by atoms with E-state index >= 15 is 0 Å². The molecule has 1 heterocycles. The van der Waals surface area contributed by atoms with Gasteiger partial charge in [-0.3, -0.25) is 19.7 Å². The van der Waals surface area contributed by atoms with Gasteiger partial charge in [0.05, 0.1) is 21.6 Å². The number of amides is 2. The predicted molar refractivity (Wildman–Crippen MR) is 98.3 cm³/mol. The van der Waals surface area contributed by atoms with Crippen LogP contribution in [0.5, 0.6) is 0 Å². The van der Waals surface area contributed by atoms with Gasteiger partial charge in [0.15, 0.2) is 0 Å². The number of rotatable bonds is 4. The number of nitrogens with one attached hydrogen (secondary N) is 1. The summed E-state index contributed by atoms with van der Waals surface area (Å²) >= 11 is 5.76. The summed E-state index contributed by atoms with van der Waals surface area (Å²) in [7, 11) is 0. The van der Waals surface area contributed by atoms with Crippen LogP contribution in [0.15, 0.2) is 36.4 Å².